The second-order valence-corrected chi connectivity index (χ2v) is 5.23. The van der Waals surface area contributed by atoms with Crippen molar-refractivity contribution >= 4 is 17.4 Å². The van der Waals surface area contributed by atoms with Gasteiger partial charge < -0.3 is 9.73 Å². The summed E-state index contributed by atoms with van der Waals surface area (Å²) in [4.78, 5) is 12.5. The first-order valence-corrected chi connectivity index (χ1v) is 7.06. The summed E-state index contributed by atoms with van der Waals surface area (Å²) in [5, 5.41) is 10.7. The van der Waals surface area contributed by atoms with E-state index in [0.717, 1.165) is 23.0 Å². The average Bonchev–Trinajstić information content (AvgIpc) is 3.16. The fourth-order valence-electron chi connectivity index (χ4n) is 1.91. The first-order chi connectivity index (χ1) is 10.1. The first kappa shape index (κ1) is 13.5. The molecule has 0 unspecified atom stereocenters. The molecule has 0 saturated heterocycles. The van der Waals surface area contributed by atoms with Gasteiger partial charge in [-0.1, -0.05) is 4.49 Å². The van der Waals surface area contributed by atoms with Gasteiger partial charge in [0.2, 0.25) is 0 Å². The molecule has 0 spiro atoms. The van der Waals surface area contributed by atoms with Gasteiger partial charge in [-0.15, -0.1) is 5.10 Å². The van der Waals surface area contributed by atoms with Crippen LogP contribution in [0.15, 0.2) is 28.8 Å². The Morgan fingerprint density at radius 3 is 2.95 bits per heavy atom. The van der Waals surface area contributed by atoms with Crippen LogP contribution >= 0.6 is 11.5 Å². The summed E-state index contributed by atoms with van der Waals surface area (Å²) in [7, 11) is 1.85. The number of aryl methyl sites for hydroxylation is 2. The van der Waals surface area contributed by atoms with Gasteiger partial charge in [0.1, 0.15) is 16.3 Å². The molecule has 3 heterocycles. The number of carbonyl (C=O) groups excluding carboxylic acids is 1. The molecule has 3 aromatic rings. The standard InChI is InChI=1S/C13H13N5O2S/c1-8-12(21-17-16-8)13(19)14-7-9-3-4-11(20-9)10-5-6-15-18(10)2/h3-6H,7H2,1-2H3,(H,14,19). The van der Waals surface area contributed by atoms with Crippen LogP contribution in [-0.4, -0.2) is 25.3 Å². The zero-order chi connectivity index (χ0) is 14.8. The first-order valence-electron chi connectivity index (χ1n) is 6.29. The Morgan fingerprint density at radius 2 is 2.29 bits per heavy atom. The van der Waals surface area contributed by atoms with Crippen molar-refractivity contribution in [2.75, 3.05) is 0 Å². The van der Waals surface area contributed by atoms with Crippen LogP contribution in [0.1, 0.15) is 21.1 Å². The van der Waals surface area contributed by atoms with E-state index in [-0.39, 0.29) is 5.91 Å². The number of hydrogen-bond acceptors (Lipinski definition) is 6. The molecule has 3 aromatic heterocycles. The van der Waals surface area contributed by atoms with E-state index in [2.05, 4.69) is 20.0 Å². The maximum atomic E-state index is 12.0. The molecule has 8 heteroatoms. The smallest absolute Gasteiger partial charge is 0.265 e. The molecule has 0 atom stereocenters. The van der Waals surface area contributed by atoms with Gasteiger partial charge in [-0.25, -0.2) is 0 Å². The highest BCUT2D eigenvalue weighted by molar-refractivity contribution is 7.07. The molecular formula is C13H13N5O2S. The van der Waals surface area contributed by atoms with E-state index in [1.54, 1.807) is 17.8 Å². The maximum absolute atomic E-state index is 12.0. The van der Waals surface area contributed by atoms with Crippen molar-refractivity contribution in [3.8, 4) is 11.5 Å². The predicted molar refractivity (Wildman–Crippen MR) is 76.7 cm³/mol. The predicted octanol–water partition coefficient (Wildman–Crippen LogP) is 1.77. The fraction of sp³-hybridized carbons (Fsp3) is 0.231. The lowest BCUT2D eigenvalue weighted by molar-refractivity contribution is 0.0951. The van der Waals surface area contributed by atoms with Gasteiger partial charge in [-0.3, -0.25) is 9.48 Å². The van der Waals surface area contributed by atoms with Crippen LogP contribution in [0.3, 0.4) is 0 Å². The number of furan rings is 1. The Balaban J connectivity index is 1.67. The largest absolute Gasteiger partial charge is 0.458 e. The molecule has 1 N–H and O–H groups in total. The van der Waals surface area contributed by atoms with Crippen LogP contribution in [-0.2, 0) is 13.6 Å². The average molecular weight is 303 g/mol. The van der Waals surface area contributed by atoms with E-state index < -0.39 is 0 Å². The number of nitrogens with zero attached hydrogens (tertiary/aromatic N) is 4. The quantitative estimate of drug-likeness (QED) is 0.794. The van der Waals surface area contributed by atoms with Crippen LogP contribution in [0.2, 0.25) is 0 Å². The van der Waals surface area contributed by atoms with Crippen molar-refractivity contribution in [2.24, 2.45) is 7.05 Å². The third-order valence-corrected chi connectivity index (χ3v) is 3.84. The molecule has 0 radical (unpaired) electrons. The van der Waals surface area contributed by atoms with E-state index in [1.807, 2.05) is 25.2 Å². The maximum Gasteiger partial charge on any atom is 0.265 e. The summed E-state index contributed by atoms with van der Waals surface area (Å²) < 4.78 is 11.2. The van der Waals surface area contributed by atoms with Crippen LogP contribution in [0.5, 0.6) is 0 Å². The number of amides is 1. The van der Waals surface area contributed by atoms with E-state index >= 15 is 0 Å². The molecule has 3 rings (SSSR count). The Labute approximate surface area is 124 Å². The van der Waals surface area contributed by atoms with Gasteiger partial charge in [0.05, 0.1) is 12.2 Å². The number of nitrogens with one attached hydrogen (secondary N) is 1. The molecule has 108 valence electrons. The molecule has 21 heavy (non-hydrogen) atoms. The van der Waals surface area contributed by atoms with Crippen molar-refractivity contribution in [1.29, 1.82) is 0 Å². The van der Waals surface area contributed by atoms with Crippen LogP contribution in [0.4, 0.5) is 0 Å². The fourth-order valence-corrected chi connectivity index (χ4v) is 2.49. The molecule has 0 aliphatic heterocycles. The molecule has 0 aliphatic carbocycles. The minimum atomic E-state index is -0.194. The molecule has 7 nitrogen and oxygen atoms in total. The molecule has 0 saturated carbocycles. The minimum Gasteiger partial charge on any atom is -0.458 e. The van der Waals surface area contributed by atoms with Gasteiger partial charge in [-0.05, 0) is 36.7 Å². The molecule has 0 fully saturated rings. The van der Waals surface area contributed by atoms with Crippen molar-refractivity contribution in [2.45, 2.75) is 13.5 Å². The van der Waals surface area contributed by atoms with Crippen molar-refractivity contribution in [1.82, 2.24) is 24.7 Å². The van der Waals surface area contributed by atoms with Crippen molar-refractivity contribution in [3.05, 3.63) is 40.7 Å². The van der Waals surface area contributed by atoms with Gasteiger partial charge in [0.25, 0.3) is 5.91 Å². The lowest BCUT2D eigenvalue weighted by Crippen LogP contribution is -2.22. The summed E-state index contributed by atoms with van der Waals surface area (Å²) in [5.41, 5.74) is 1.52. The zero-order valence-corrected chi connectivity index (χ0v) is 12.3. The topological polar surface area (TPSA) is 85.8 Å². The van der Waals surface area contributed by atoms with Gasteiger partial charge in [0.15, 0.2) is 5.76 Å². The summed E-state index contributed by atoms with van der Waals surface area (Å²) >= 11 is 1.08. The SMILES string of the molecule is Cc1nnsc1C(=O)NCc1ccc(-c2ccnn2C)o1. The van der Waals surface area contributed by atoms with Crippen LogP contribution in [0, 0.1) is 6.92 Å². The van der Waals surface area contributed by atoms with Gasteiger partial charge in [0, 0.05) is 13.2 Å². The summed E-state index contributed by atoms with van der Waals surface area (Å²) in [5.74, 6) is 1.20. The Kier molecular flexibility index (Phi) is 3.53. The Hall–Kier alpha value is -2.48. The van der Waals surface area contributed by atoms with Crippen molar-refractivity contribution in [3.63, 3.8) is 0 Å². The third-order valence-electron chi connectivity index (χ3n) is 3.02. The highest BCUT2D eigenvalue weighted by atomic mass is 32.1. The number of rotatable bonds is 4. The Bertz CT molecular complexity index is 773. The number of aromatic nitrogens is 4. The normalized spacial score (nSPS) is 10.8. The lowest BCUT2D eigenvalue weighted by atomic mass is 10.3. The van der Waals surface area contributed by atoms with Crippen molar-refractivity contribution < 1.29 is 9.21 Å². The van der Waals surface area contributed by atoms with Crippen LogP contribution in [0.25, 0.3) is 11.5 Å². The van der Waals surface area contributed by atoms with Gasteiger partial charge >= 0.3 is 0 Å². The molecular weight excluding hydrogens is 290 g/mol. The number of carbonyl (C=O) groups is 1. The molecule has 0 bridgehead atoms. The second-order valence-electron chi connectivity index (χ2n) is 4.48. The van der Waals surface area contributed by atoms with Gasteiger partial charge in [-0.2, -0.15) is 5.10 Å². The Morgan fingerprint density at radius 1 is 1.43 bits per heavy atom. The number of hydrogen-bond donors (Lipinski definition) is 1. The summed E-state index contributed by atoms with van der Waals surface area (Å²) in [6.07, 6.45) is 1.71. The lowest BCUT2D eigenvalue weighted by Gasteiger charge is -2.01. The minimum absolute atomic E-state index is 0.194. The van der Waals surface area contributed by atoms with E-state index in [4.69, 9.17) is 4.42 Å². The third kappa shape index (κ3) is 2.70. The van der Waals surface area contributed by atoms with E-state index in [9.17, 15) is 4.79 Å². The summed E-state index contributed by atoms with van der Waals surface area (Å²) in [6.45, 7) is 2.07. The summed E-state index contributed by atoms with van der Waals surface area (Å²) in [6, 6.07) is 5.56. The highest BCUT2D eigenvalue weighted by Crippen LogP contribution is 2.21. The van der Waals surface area contributed by atoms with E-state index in [0.29, 0.717) is 22.9 Å². The molecule has 0 aromatic carbocycles. The zero-order valence-electron chi connectivity index (χ0n) is 11.5. The monoisotopic (exact) mass is 303 g/mol. The molecule has 0 aliphatic rings. The van der Waals surface area contributed by atoms with E-state index in [1.165, 1.54) is 0 Å². The van der Waals surface area contributed by atoms with Crippen LogP contribution < -0.4 is 5.32 Å². The second kappa shape index (κ2) is 5.49. The molecule has 1 amide bonds. The highest BCUT2D eigenvalue weighted by Gasteiger charge is 2.14.